The van der Waals surface area contributed by atoms with Crippen molar-refractivity contribution in [2.45, 2.75) is 32.1 Å². The molecule has 6 nitrogen and oxygen atoms in total. The molecule has 1 atom stereocenters. The first kappa shape index (κ1) is 17.5. The lowest BCUT2D eigenvalue weighted by Crippen LogP contribution is -2.39. The third kappa shape index (κ3) is 4.09. The first-order valence-electron chi connectivity index (χ1n) is 8.96. The molecule has 1 aliphatic heterocycles. The van der Waals surface area contributed by atoms with Crippen LogP contribution >= 0.6 is 0 Å². The molecule has 0 spiro atoms. The Labute approximate surface area is 156 Å². The molecule has 1 N–H and O–H groups in total. The highest BCUT2D eigenvalue weighted by molar-refractivity contribution is 5.76. The largest absolute Gasteiger partial charge is 0.467 e. The van der Waals surface area contributed by atoms with Crippen molar-refractivity contribution < 1.29 is 13.6 Å². The number of furan rings is 1. The fourth-order valence-electron chi connectivity index (χ4n) is 3.49. The first-order valence-corrected chi connectivity index (χ1v) is 8.96. The molecular weight excluding hydrogens is 347 g/mol. The van der Waals surface area contributed by atoms with Crippen LogP contribution in [-0.2, 0) is 24.4 Å². The lowest BCUT2D eigenvalue weighted by atomic mass is 10.1. The summed E-state index contributed by atoms with van der Waals surface area (Å²) in [6.07, 6.45) is 3.64. The number of halogens is 1. The molecule has 0 fully saturated rings. The van der Waals surface area contributed by atoms with Gasteiger partial charge in [-0.15, -0.1) is 0 Å². The number of nitrogens with one attached hydrogen (secondary N) is 1. The minimum absolute atomic E-state index is 0.0643. The van der Waals surface area contributed by atoms with Crippen molar-refractivity contribution in [1.29, 1.82) is 0 Å². The summed E-state index contributed by atoms with van der Waals surface area (Å²) in [5, 5.41) is 7.25. The van der Waals surface area contributed by atoms with Gasteiger partial charge in [0.15, 0.2) is 0 Å². The molecule has 0 saturated heterocycles. The number of nitrogens with zero attached hydrogens (tertiary/aromatic N) is 3. The van der Waals surface area contributed by atoms with E-state index in [9.17, 15) is 9.18 Å². The van der Waals surface area contributed by atoms with Crippen molar-refractivity contribution in [2.24, 2.45) is 0 Å². The van der Waals surface area contributed by atoms with Gasteiger partial charge in [-0.2, -0.15) is 5.10 Å². The highest BCUT2D eigenvalue weighted by Crippen LogP contribution is 2.25. The Bertz CT molecular complexity index is 906. The zero-order chi connectivity index (χ0) is 18.6. The molecule has 2 aromatic heterocycles. The maximum absolute atomic E-state index is 14.0. The number of fused-ring (bicyclic) bond motifs is 1. The van der Waals surface area contributed by atoms with Gasteiger partial charge in [0.2, 0.25) is 5.91 Å². The maximum atomic E-state index is 14.0. The van der Waals surface area contributed by atoms with Crippen molar-refractivity contribution in [3.05, 3.63) is 77.8 Å². The Hall–Kier alpha value is -2.93. The van der Waals surface area contributed by atoms with Gasteiger partial charge in [0.05, 0.1) is 31.0 Å². The highest BCUT2D eigenvalue weighted by Gasteiger charge is 2.27. The molecule has 1 unspecified atom stereocenters. The zero-order valence-corrected chi connectivity index (χ0v) is 14.8. The van der Waals surface area contributed by atoms with Gasteiger partial charge in [-0.1, -0.05) is 18.2 Å². The summed E-state index contributed by atoms with van der Waals surface area (Å²) < 4.78 is 21.1. The molecule has 1 aliphatic rings. The lowest BCUT2D eigenvalue weighted by Gasteiger charge is -2.33. The number of rotatable bonds is 6. The first-order chi connectivity index (χ1) is 13.2. The van der Waals surface area contributed by atoms with E-state index in [1.165, 1.54) is 6.07 Å². The van der Waals surface area contributed by atoms with Crippen LogP contribution in [0.5, 0.6) is 0 Å². The van der Waals surface area contributed by atoms with E-state index in [0.29, 0.717) is 43.9 Å². The summed E-state index contributed by atoms with van der Waals surface area (Å²) in [7, 11) is 0. The van der Waals surface area contributed by atoms with Crippen LogP contribution in [0.25, 0.3) is 0 Å². The fourth-order valence-corrected chi connectivity index (χ4v) is 3.49. The summed E-state index contributed by atoms with van der Waals surface area (Å²) >= 11 is 0. The molecule has 0 aliphatic carbocycles. The van der Waals surface area contributed by atoms with Gasteiger partial charge in [-0.05, 0) is 24.3 Å². The average molecular weight is 368 g/mol. The molecule has 0 bridgehead atoms. The van der Waals surface area contributed by atoms with Crippen LogP contribution in [0.4, 0.5) is 4.39 Å². The Balaban J connectivity index is 1.42. The number of amides is 1. The smallest absolute Gasteiger partial charge is 0.222 e. The van der Waals surface area contributed by atoms with E-state index in [2.05, 4.69) is 15.3 Å². The molecule has 0 radical (unpaired) electrons. The van der Waals surface area contributed by atoms with E-state index in [1.807, 2.05) is 22.9 Å². The van der Waals surface area contributed by atoms with Crippen LogP contribution in [0.15, 0.2) is 59.3 Å². The maximum Gasteiger partial charge on any atom is 0.222 e. The van der Waals surface area contributed by atoms with E-state index in [0.717, 1.165) is 5.69 Å². The topological polar surface area (TPSA) is 63.3 Å². The number of hydrogen-bond donors (Lipinski definition) is 1. The van der Waals surface area contributed by atoms with Gasteiger partial charge in [-0.3, -0.25) is 14.4 Å². The van der Waals surface area contributed by atoms with Crippen LogP contribution < -0.4 is 5.32 Å². The van der Waals surface area contributed by atoms with Crippen molar-refractivity contribution in [3.8, 4) is 0 Å². The third-order valence-corrected chi connectivity index (χ3v) is 4.77. The monoisotopic (exact) mass is 368 g/mol. The second kappa shape index (κ2) is 7.75. The zero-order valence-electron chi connectivity index (χ0n) is 14.8. The standard InChI is InChI=1S/C20H21FN4O2/c21-19-6-2-1-4-15(19)12-24-13-16-7-8-23-25(16)17(14-24)10-20(26)22-11-18-5-3-9-27-18/h1-9,17H,10-14H2,(H,22,26). The molecular formula is C20H21FN4O2. The predicted molar refractivity (Wildman–Crippen MR) is 96.9 cm³/mol. The van der Waals surface area contributed by atoms with Crippen LogP contribution in [0, 0.1) is 5.82 Å². The lowest BCUT2D eigenvalue weighted by molar-refractivity contribution is -0.122. The molecule has 140 valence electrons. The van der Waals surface area contributed by atoms with Gasteiger partial charge in [0.1, 0.15) is 11.6 Å². The van der Waals surface area contributed by atoms with Crippen molar-refractivity contribution in [2.75, 3.05) is 6.54 Å². The molecule has 1 aromatic carbocycles. The summed E-state index contributed by atoms with van der Waals surface area (Å²) in [6.45, 7) is 2.18. The fraction of sp³-hybridized carbons (Fsp3) is 0.300. The quantitative estimate of drug-likeness (QED) is 0.727. The van der Waals surface area contributed by atoms with E-state index in [4.69, 9.17) is 4.42 Å². The van der Waals surface area contributed by atoms with Crippen LogP contribution in [-0.4, -0.2) is 27.1 Å². The molecule has 7 heteroatoms. The Morgan fingerprint density at radius 3 is 2.96 bits per heavy atom. The van der Waals surface area contributed by atoms with Gasteiger partial charge < -0.3 is 9.73 Å². The second-order valence-electron chi connectivity index (χ2n) is 6.74. The highest BCUT2D eigenvalue weighted by atomic mass is 19.1. The summed E-state index contributed by atoms with van der Waals surface area (Å²) in [5.41, 5.74) is 1.69. The van der Waals surface area contributed by atoms with Crippen LogP contribution in [0.3, 0.4) is 0 Å². The molecule has 0 saturated carbocycles. The molecule has 27 heavy (non-hydrogen) atoms. The minimum atomic E-state index is -0.204. The molecule has 3 aromatic rings. The number of benzene rings is 1. The predicted octanol–water partition coefficient (Wildman–Crippen LogP) is 2.88. The molecule has 4 rings (SSSR count). The number of aromatic nitrogens is 2. The van der Waals surface area contributed by atoms with E-state index in [-0.39, 0.29) is 17.8 Å². The number of carbonyl (C=O) groups is 1. The van der Waals surface area contributed by atoms with Gasteiger partial charge in [-0.25, -0.2) is 4.39 Å². The Morgan fingerprint density at radius 1 is 1.26 bits per heavy atom. The van der Waals surface area contributed by atoms with Gasteiger partial charge in [0, 0.05) is 31.4 Å². The van der Waals surface area contributed by atoms with Crippen molar-refractivity contribution in [3.63, 3.8) is 0 Å². The van der Waals surface area contributed by atoms with Crippen LogP contribution in [0.2, 0.25) is 0 Å². The average Bonchev–Trinajstić information content (AvgIpc) is 3.33. The minimum Gasteiger partial charge on any atom is -0.467 e. The van der Waals surface area contributed by atoms with Gasteiger partial charge >= 0.3 is 0 Å². The molecule has 1 amide bonds. The van der Waals surface area contributed by atoms with Gasteiger partial charge in [0.25, 0.3) is 0 Å². The normalized spacial score (nSPS) is 16.9. The number of hydrogen-bond acceptors (Lipinski definition) is 4. The van der Waals surface area contributed by atoms with Crippen LogP contribution in [0.1, 0.15) is 29.5 Å². The molecule has 3 heterocycles. The SMILES string of the molecule is O=C(CC1CN(Cc2ccccc2F)Cc2ccnn21)NCc1ccco1. The second-order valence-corrected chi connectivity index (χ2v) is 6.74. The Morgan fingerprint density at radius 2 is 2.15 bits per heavy atom. The summed E-state index contributed by atoms with van der Waals surface area (Å²) in [5.74, 6) is 0.447. The van der Waals surface area contributed by atoms with E-state index in [1.54, 1.807) is 30.7 Å². The Kier molecular flexibility index (Phi) is 5.02. The van der Waals surface area contributed by atoms with E-state index < -0.39 is 0 Å². The van der Waals surface area contributed by atoms with Crippen molar-refractivity contribution in [1.82, 2.24) is 20.0 Å². The van der Waals surface area contributed by atoms with E-state index >= 15 is 0 Å². The third-order valence-electron chi connectivity index (χ3n) is 4.77. The number of carbonyl (C=O) groups excluding carboxylic acids is 1. The summed E-state index contributed by atoms with van der Waals surface area (Å²) in [6, 6.07) is 12.3. The van der Waals surface area contributed by atoms with Crippen molar-refractivity contribution >= 4 is 5.91 Å². The summed E-state index contributed by atoms with van der Waals surface area (Å²) in [4.78, 5) is 14.5.